The second kappa shape index (κ2) is 7.22. The van der Waals surface area contributed by atoms with Crippen molar-refractivity contribution in [2.24, 2.45) is 0 Å². The minimum atomic E-state index is -0.882. The molecule has 0 amide bonds. The Morgan fingerprint density at radius 3 is 2.25 bits per heavy atom. The molecule has 0 unspecified atom stereocenters. The molecule has 0 saturated carbocycles. The first-order valence-electron chi connectivity index (χ1n) is 5.32. The smallest absolute Gasteiger partial charge is 0.306 e. The van der Waals surface area contributed by atoms with Crippen molar-refractivity contribution in [2.45, 2.75) is 45.6 Å². The van der Waals surface area contributed by atoms with Crippen molar-refractivity contribution in [2.75, 3.05) is 13.2 Å². The summed E-state index contributed by atoms with van der Waals surface area (Å²) < 4.78 is 10.1. The molecule has 0 aromatic rings. The molecule has 0 saturated heterocycles. The van der Waals surface area contributed by atoms with Gasteiger partial charge >= 0.3 is 11.9 Å². The Bertz CT molecular complexity index is 229. The van der Waals surface area contributed by atoms with E-state index in [-0.39, 0.29) is 19.0 Å². The van der Waals surface area contributed by atoms with Crippen molar-refractivity contribution >= 4 is 11.9 Å². The molecule has 0 aromatic carbocycles. The van der Waals surface area contributed by atoms with Gasteiger partial charge in [0.05, 0.1) is 13.0 Å². The van der Waals surface area contributed by atoms with Gasteiger partial charge in [0.15, 0.2) is 0 Å². The molecule has 0 rings (SSSR count). The predicted molar refractivity (Wildman–Crippen MR) is 58.2 cm³/mol. The summed E-state index contributed by atoms with van der Waals surface area (Å²) in [5, 5.41) is 8.33. The fourth-order valence-corrected chi connectivity index (χ4v) is 0.973. The van der Waals surface area contributed by atoms with Crippen LogP contribution in [-0.2, 0) is 19.1 Å². The van der Waals surface area contributed by atoms with Gasteiger partial charge in [0.25, 0.3) is 0 Å². The molecule has 5 heteroatoms. The normalized spacial score (nSPS) is 11.2. The Morgan fingerprint density at radius 1 is 1.12 bits per heavy atom. The Labute approximate surface area is 95.7 Å². The van der Waals surface area contributed by atoms with E-state index in [1.165, 1.54) is 0 Å². The van der Waals surface area contributed by atoms with E-state index >= 15 is 0 Å². The molecule has 5 nitrogen and oxygen atoms in total. The highest BCUT2D eigenvalue weighted by atomic mass is 16.6. The fourth-order valence-electron chi connectivity index (χ4n) is 0.973. The lowest BCUT2D eigenvalue weighted by atomic mass is 10.2. The Morgan fingerprint density at radius 2 is 1.75 bits per heavy atom. The lowest BCUT2D eigenvalue weighted by Gasteiger charge is -2.19. The van der Waals surface area contributed by atoms with Gasteiger partial charge in [-0.3, -0.25) is 9.59 Å². The Balaban J connectivity index is 3.38. The molecule has 0 aliphatic rings. The monoisotopic (exact) mass is 232 g/mol. The van der Waals surface area contributed by atoms with Crippen LogP contribution in [0.1, 0.15) is 40.0 Å². The van der Waals surface area contributed by atoms with Crippen LogP contribution in [-0.4, -0.2) is 35.9 Å². The highest BCUT2D eigenvalue weighted by molar-refractivity contribution is 5.69. The molecule has 0 aliphatic heterocycles. The van der Waals surface area contributed by atoms with E-state index in [0.717, 1.165) is 0 Å². The number of ether oxygens (including phenoxy) is 2. The van der Waals surface area contributed by atoms with E-state index in [4.69, 9.17) is 14.6 Å². The van der Waals surface area contributed by atoms with E-state index in [0.29, 0.717) is 19.4 Å². The average Bonchev–Trinajstić information content (AvgIpc) is 2.07. The number of esters is 1. The van der Waals surface area contributed by atoms with E-state index < -0.39 is 11.6 Å². The van der Waals surface area contributed by atoms with Gasteiger partial charge in [-0.1, -0.05) is 0 Å². The average molecular weight is 232 g/mol. The first kappa shape index (κ1) is 14.9. The van der Waals surface area contributed by atoms with Gasteiger partial charge < -0.3 is 14.6 Å². The lowest BCUT2D eigenvalue weighted by Crippen LogP contribution is -2.23. The van der Waals surface area contributed by atoms with Gasteiger partial charge in [-0.25, -0.2) is 0 Å². The van der Waals surface area contributed by atoms with Gasteiger partial charge in [0, 0.05) is 13.0 Å². The first-order valence-corrected chi connectivity index (χ1v) is 5.32. The van der Waals surface area contributed by atoms with E-state index in [2.05, 4.69) is 0 Å². The van der Waals surface area contributed by atoms with Crippen LogP contribution < -0.4 is 0 Å². The zero-order chi connectivity index (χ0) is 12.6. The molecule has 0 aliphatic carbocycles. The van der Waals surface area contributed by atoms with Crippen molar-refractivity contribution in [3.63, 3.8) is 0 Å². The molecule has 0 radical (unpaired) electrons. The van der Waals surface area contributed by atoms with Crippen LogP contribution >= 0.6 is 0 Å². The molecule has 0 heterocycles. The summed E-state index contributed by atoms with van der Waals surface area (Å²) in [6, 6.07) is 0. The maximum Gasteiger partial charge on any atom is 0.306 e. The number of carboxylic acid groups (broad SMARTS) is 1. The Hall–Kier alpha value is -1.10. The summed E-state index contributed by atoms with van der Waals surface area (Å²) in [5.74, 6) is -1.14. The van der Waals surface area contributed by atoms with Crippen LogP contribution in [0.3, 0.4) is 0 Å². The molecule has 0 fully saturated rings. The maximum absolute atomic E-state index is 11.2. The van der Waals surface area contributed by atoms with E-state index in [1.807, 2.05) is 20.8 Å². The van der Waals surface area contributed by atoms with Crippen molar-refractivity contribution in [3.8, 4) is 0 Å². The van der Waals surface area contributed by atoms with Crippen molar-refractivity contribution < 1.29 is 24.2 Å². The summed E-state index contributed by atoms with van der Waals surface area (Å²) >= 11 is 0. The predicted octanol–water partition coefficient (Wildman–Crippen LogP) is 1.60. The number of carboxylic acids is 1. The molecule has 0 spiro atoms. The largest absolute Gasteiger partial charge is 0.481 e. The fraction of sp³-hybridized carbons (Fsp3) is 0.818. The maximum atomic E-state index is 11.2. The third-order valence-corrected chi connectivity index (χ3v) is 1.55. The molecule has 1 N–H and O–H groups in total. The number of rotatable bonds is 7. The van der Waals surface area contributed by atoms with Crippen LogP contribution in [0.25, 0.3) is 0 Å². The molecule has 0 bridgehead atoms. The number of hydrogen-bond donors (Lipinski definition) is 1. The van der Waals surface area contributed by atoms with Crippen LogP contribution in [0.2, 0.25) is 0 Å². The minimum absolute atomic E-state index is 0.00750. The number of aliphatic carboxylic acids is 1. The number of carbonyl (C=O) groups excluding carboxylic acids is 1. The number of carbonyl (C=O) groups is 2. The Kier molecular flexibility index (Phi) is 6.72. The quantitative estimate of drug-likeness (QED) is 0.533. The molecular weight excluding hydrogens is 212 g/mol. The summed E-state index contributed by atoms with van der Waals surface area (Å²) in [6.07, 6.45) is 0.839. The van der Waals surface area contributed by atoms with Crippen molar-refractivity contribution in [3.05, 3.63) is 0 Å². The zero-order valence-electron chi connectivity index (χ0n) is 10.1. The van der Waals surface area contributed by atoms with Crippen LogP contribution in [0.4, 0.5) is 0 Å². The summed E-state index contributed by atoms with van der Waals surface area (Å²) in [7, 11) is 0. The minimum Gasteiger partial charge on any atom is -0.481 e. The number of hydrogen-bond acceptors (Lipinski definition) is 4. The van der Waals surface area contributed by atoms with Crippen LogP contribution in [0, 0.1) is 0 Å². The SMILES string of the molecule is CC(C)(C)OC(=O)CCCOCCC(=O)O. The molecule has 0 atom stereocenters. The van der Waals surface area contributed by atoms with Crippen molar-refractivity contribution in [1.29, 1.82) is 0 Å². The first-order chi connectivity index (χ1) is 7.31. The summed E-state index contributed by atoms with van der Waals surface area (Å²) in [6.45, 7) is 6.01. The zero-order valence-corrected chi connectivity index (χ0v) is 10.1. The third kappa shape index (κ3) is 11.0. The second-order valence-electron chi connectivity index (χ2n) is 4.45. The molecule has 16 heavy (non-hydrogen) atoms. The van der Waals surface area contributed by atoms with Gasteiger partial charge in [0.2, 0.25) is 0 Å². The highest BCUT2D eigenvalue weighted by Crippen LogP contribution is 2.08. The topological polar surface area (TPSA) is 72.8 Å². The van der Waals surface area contributed by atoms with E-state index in [1.54, 1.807) is 0 Å². The van der Waals surface area contributed by atoms with Gasteiger partial charge in [-0.05, 0) is 27.2 Å². The van der Waals surface area contributed by atoms with Crippen LogP contribution in [0.15, 0.2) is 0 Å². The molecule has 0 aromatic heterocycles. The molecule has 94 valence electrons. The second-order valence-corrected chi connectivity index (χ2v) is 4.45. The lowest BCUT2D eigenvalue weighted by molar-refractivity contribution is -0.155. The molecular formula is C11H20O5. The standard InChI is InChI=1S/C11H20O5/c1-11(2,3)16-10(14)5-4-7-15-8-6-9(12)13/h4-8H2,1-3H3,(H,12,13). The van der Waals surface area contributed by atoms with Crippen molar-refractivity contribution in [1.82, 2.24) is 0 Å². The van der Waals surface area contributed by atoms with Gasteiger partial charge in [-0.15, -0.1) is 0 Å². The third-order valence-electron chi connectivity index (χ3n) is 1.55. The summed E-state index contributed by atoms with van der Waals surface area (Å²) in [5.41, 5.74) is -0.457. The van der Waals surface area contributed by atoms with Gasteiger partial charge in [-0.2, -0.15) is 0 Å². The highest BCUT2D eigenvalue weighted by Gasteiger charge is 2.15. The van der Waals surface area contributed by atoms with Crippen LogP contribution in [0.5, 0.6) is 0 Å². The van der Waals surface area contributed by atoms with E-state index in [9.17, 15) is 9.59 Å². The van der Waals surface area contributed by atoms with Gasteiger partial charge in [0.1, 0.15) is 5.60 Å². The summed E-state index contributed by atoms with van der Waals surface area (Å²) in [4.78, 5) is 21.4.